The summed E-state index contributed by atoms with van der Waals surface area (Å²) in [6, 6.07) is 9.80. The molecule has 0 spiro atoms. The Hall–Kier alpha value is -2.76. The van der Waals surface area contributed by atoms with Crippen LogP contribution in [-0.2, 0) is 14.3 Å². The SMILES string of the molecule is Cc1cc(=O)[nH]c(SCC(=O)O[C@H](C)C(=O)Nc2ccc(Cl)cc2)c1C#N. The van der Waals surface area contributed by atoms with Crippen LogP contribution in [0, 0.1) is 18.3 Å². The van der Waals surface area contributed by atoms with Crippen LogP contribution in [-0.4, -0.2) is 28.7 Å². The van der Waals surface area contributed by atoms with Gasteiger partial charge in [0, 0.05) is 16.8 Å². The Bertz CT molecular complexity index is 951. The van der Waals surface area contributed by atoms with Crippen molar-refractivity contribution in [2.24, 2.45) is 0 Å². The standard InChI is InChI=1S/C18H16ClN3O4S/c1-10-7-15(23)22-18(14(10)8-20)27-9-16(24)26-11(2)17(25)21-13-5-3-12(19)4-6-13/h3-7,11H,9H2,1-2H3,(H,21,25)(H,22,23)/t11-/m1/s1. The van der Waals surface area contributed by atoms with Gasteiger partial charge in [-0.3, -0.25) is 14.4 Å². The van der Waals surface area contributed by atoms with Gasteiger partial charge in [-0.25, -0.2) is 0 Å². The Morgan fingerprint density at radius 1 is 1.37 bits per heavy atom. The van der Waals surface area contributed by atoms with Crippen LogP contribution >= 0.6 is 23.4 Å². The van der Waals surface area contributed by atoms with E-state index in [0.29, 0.717) is 21.8 Å². The largest absolute Gasteiger partial charge is 0.452 e. The van der Waals surface area contributed by atoms with E-state index in [2.05, 4.69) is 10.3 Å². The first kappa shape index (κ1) is 20.6. The van der Waals surface area contributed by atoms with Gasteiger partial charge in [-0.15, -0.1) is 0 Å². The number of thioether (sulfide) groups is 1. The Balaban J connectivity index is 1.92. The van der Waals surface area contributed by atoms with Gasteiger partial charge < -0.3 is 15.0 Å². The minimum atomic E-state index is -1.01. The van der Waals surface area contributed by atoms with Crippen LogP contribution in [0.1, 0.15) is 18.1 Å². The lowest BCUT2D eigenvalue weighted by Gasteiger charge is -2.13. The molecular weight excluding hydrogens is 390 g/mol. The number of nitrogens with zero attached hydrogens (tertiary/aromatic N) is 1. The van der Waals surface area contributed by atoms with E-state index in [-0.39, 0.29) is 16.3 Å². The van der Waals surface area contributed by atoms with E-state index < -0.39 is 18.0 Å². The van der Waals surface area contributed by atoms with Gasteiger partial charge >= 0.3 is 5.97 Å². The summed E-state index contributed by atoms with van der Waals surface area (Å²) >= 11 is 6.75. The van der Waals surface area contributed by atoms with Crippen LogP contribution in [0.5, 0.6) is 0 Å². The van der Waals surface area contributed by atoms with Crippen molar-refractivity contribution in [2.75, 3.05) is 11.1 Å². The lowest BCUT2D eigenvalue weighted by molar-refractivity contribution is -0.150. The van der Waals surface area contributed by atoms with Crippen molar-refractivity contribution in [3.05, 3.63) is 56.8 Å². The highest BCUT2D eigenvalue weighted by atomic mass is 35.5. The van der Waals surface area contributed by atoms with Crippen LogP contribution < -0.4 is 10.9 Å². The fourth-order valence-corrected chi connectivity index (χ4v) is 3.08. The number of anilines is 1. The van der Waals surface area contributed by atoms with Crippen LogP contribution in [0.25, 0.3) is 0 Å². The van der Waals surface area contributed by atoms with Gasteiger partial charge in [-0.1, -0.05) is 23.4 Å². The topological polar surface area (TPSA) is 112 Å². The number of H-pyrrole nitrogens is 1. The maximum Gasteiger partial charge on any atom is 0.317 e. The molecular formula is C18H16ClN3O4S. The number of pyridine rings is 1. The average molecular weight is 406 g/mol. The third kappa shape index (κ3) is 5.88. The smallest absolute Gasteiger partial charge is 0.317 e. The van der Waals surface area contributed by atoms with E-state index in [1.54, 1.807) is 31.2 Å². The normalized spacial score (nSPS) is 11.3. The molecule has 0 unspecified atom stereocenters. The minimum absolute atomic E-state index is 0.160. The van der Waals surface area contributed by atoms with Gasteiger partial charge in [0.05, 0.1) is 16.3 Å². The van der Waals surface area contributed by atoms with Crippen molar-refractivity contribution in [3.63, 3.8) is 0 Å². The molecule has 0 radical (unpaired) electrons. The molecule has 0 aliphatic heterocycles. The quantitative estimate of drug-likeness (QED) is 0.564. The number of esters is 1. The highest BCUT2D eigenvalue weighted by molar-refractivity contribution is 7.99. The fraction of sp³-hybridized carbons (Fsp3) is 0.222. The van der Waals surface area contributed by atoms with Crippen molar-refractivity contribution < 1.29 is 14.3 Å². The molecule has 1 heterocycles. The summed E-state index contributed by atoms with van der Waals surface area (Å²) in [6.07, 6.45) is -1.01. The zero-order chi connectivity index (χ0) is 20.0. The Kier molecular flexibility index (Phi) is 7.05. The summed E-state index contributed by atoms with van der Waals surface area (Å²) in [5, 5.41) is 12.6. The second-order valence-corrected chi connectivity index (χ2v) is 6.97. The number of rotatable bonds is 6. The molecule has 2 N–H and O–H groups in total. The van der Waals surface area contributed by atoms with E-state index in [0.717, 1.165) is 11.8 Å². The molecule has 0 aliphatic carbocycles. The summed E-state index contributed by atoms with van der Waals surface area (Å²) < 4.78 is 5.09. The zero-order valence-electron chi connectivity index (χ0n) is 14.5. The fourth-order valence-electron chi connectivity index (χ4n) is 2.10. The summed E-state index contributed by atoms with van der Waals surface area (Å²) in [5.41, 5.74) is 0.976. The number of halogens is 1. The average Bonchev–Trinajstić information content (AvgIpc) is 2.61. The molecule has 2 rings (SSSR count). The molecule has 1 amide bonds. The number of nitrogens with one attached hydrogen (secondary N) is 2. The molecule has 2 aromatic rings. The number of hydrogen-bond donors (Lipinski definition) is 2. The number of hydrogen-bond acceptors (Lipinski definition) is 6. The summed E-state index contributed by atoms with van der Waals surface area (Å²) in [5.74, 6) is -1.30. The molecule has 140 valence electrons. The Morgan fingerprint density at radius 2 is 2.04 bits per heavy atom. The second-order valence-electron chi connectivity index (χ2n) is 5.55. The molecule has 0 bridgehead atoms. The Labute approximate surface area is 164 Å². The van der Waals surface area contributed by atoms with Gasteiger partial charge in [0.25, 0.3) is 5.91 Å². The van der Waals surface area contributed by atoms with Gasteiger partial charge in [-0.05, 0) is 43.7 Å². The maximum absolute atomic E-state index is 12.1. The third-order valence-electron chi connectivity index (χ3n) is 3.44. The predicted molar refractivity (Wildman–Crippen MR) is 103 cm³/mol. The predicted octanol–water partition coefficient (Wildman–Crippen LogP) is 2.87. The first-order chi connectivity index (χ1) is 12.8. The molecule has 0 saturated carbocycles. The molecule has 1 aromatic carbocycles. The first-order valence-corrected chi connectivity index (χ1v) is 9.19. The van der Waals surface area contributed by atoms with E-state index in [9.17, 15) is 14.4 Å². The van der Waals surface area contributed by atoms with Gasteiger partial charge in [0.1, 0.15) is 6.07 Å². The molecule has 0 fully saturated rings. The van der Waals surface area contributed by atoms with Crippen LogP contribution in [0.15, 0.2) is 40.2 Å². The van der Waals surface area contributed by atoms with Crippen molar-refractivity contribution in [3.8, 4) is 6.07 Å². The number of carbonyl (C=O) groups excluding carboxylic acids is 2. The number of nitriles is 1. The number of carbonyl (C=O) groups is 2. The third-order valence-corrected chi connectivity index (χ3v) is 4.67. The maximum atomic E-state index is 12.1. The van der Waals surface area contributed by atoms with Crippen LogP contribution in [0.4, 0.5) is 5.69 Å². The van der Waals surface area contributed by atoms with Crippen LogP contribution in [0.2, 0.25) is 5.02 Å². The number of benzene rings is 1. The lowest BCUT2D eigenvalue weighted by atomic mass is 10.2. The zero-order valence-corrected chi connectivity index (χ0v) is 16.1. The Morgan fingerprint density at radius 3 is 2.67 bits per heavy atom. The number of aryl methyl sites for hydroxylation is 1. The van der Waals surface area contributed by atoms with E-state index in [4.69, 9.17) is 21.6 Å². The number of aromatic amines is 1. The molecule has 0 aliphatic rings. The van der Waals surface area contributed by atoms with Crippen molar-refractivity contribution in [2.45, 2.75) is 25.0 Å². The van der Waals surface area contributed by atoms with Gasteiger partial charge in [-0.2, -0.15) is 5.26 Å². The number of ether oxygens (including phenoxy) is 1. The van der Waals surface area contributed by atoms with E-state index in [1.165, 1.54) is 13.0 Å². The summed E-state index contributed by atoms with van der Waals surface area (Å²) in [6.45, 7) is 3.09. The summed E-state index contributed by atoms with van der Waals surface area (Å²) in [4.78, 5) is 38.1. The molecule has 9 heteroatoms. The first-order valence-electron chi connectivity index (χ1n) is 7.83. The molecule has 1 atom stereocenters. The molecule has 27 heavy (non-hydrogen) atoms. The van der Waals surface area contributed by atoms with Crippen molar-refractivity contribution >= 4 is 40.9 Å². The highest BCUT2D eigenvalue weighted by Crippen LogP contribution is 2.21. The lowest BCUT2D eigenvalue weighted by Crippen LogP contribution is -2.30. The molecule has 1 aromatic heterocycles. The van der Waals surface area contributed by atoms with E-state index in [1.807, 2.05) is 6.07 Å². The van der Waals surface area contributed by atoms with Crippen LogP contribution in [0.3, 0.4) is 0 Å². The second kappa shape index (κ2) is 9.26. The number of aromatic nitrogens is 1. The molecule has 7 nitrogen and oxygen atoms in total. The summed E-state index contributed by atoms with van der Waals surface area (Å²) in [7, 11) is 0. The van der Waals surface area contributed by atoms with Gasteiger partial charge in [0.2, 0.25) is 5.56 Å². The van der Waals surface area contributed by atoms with Gasteiger partial charge in [0.15, 0.2) is 6.10 Å². The molecule has 0 saturated heterocycles. The highest BCUT2D eigenvalue weighted by Gasteiger charge is 2.19. The minimum Gasteiger partial charge on any atom is -0.452 e. The monoisotopic (exact) mass is 405 g/mol. The van der Waals surface area contributed by atoms with E-state index >= 15 is 0 Å². The number of amides is 1. The van der Waals surface area contributed by atoms with Crippen molar-refractivity contribution in [1.82, 2.24) is 4.98 Å². The van der Waals surface area contributed by atoms with Crippen molar-refractivity contribution in [1.29, 1.82) is 5.26 Å².